The first-order valence-electron chi connectivity index (χ1n) is 11.6. The van der Waals surface area contributed by atoms with Gasteiger partial charge < -0.3 is 20.3 Å². The molecule has 2 rings (SSSR count). The van der Waals surface area contributed by atoms with E-state index in [-0.39, 0.29) is 12.5 Å². The number of benzene rings is 2. The molecule has 0 fully saturated rings. The Morgan fingerprint density at radius 1 is 1.03 bits per heavy atom. The number of nitrogens with zero attached hydrogens (tertiary/aromatic N) is 1. The first-order valence-corrected chi connectivity index (χ1v) is 11.6. The lowest BCUT2D eigenvalue weighted by molar-refractivity contribution is -0.144. The molecule has 7 heteroatoms. The zero-order chi connectivity index (χ0) is 26.4. The molecule has 2 aromatic rings. The second kappa shape index (κ2) is 11.2. The smallest absolute Gasteiger partial charge is 0.408 e. The monoisotopic (exact) mass is 479 g/mol. The molecule has 0 saturated heterocycles. The van der Waals surface area contributed by atoms with E-state index in [1.807, 2.05) is 76.2 Å². The maximum Gasteiger partial charge on any atom is 0.408 e. The lowest BCUT2D eigenvalue weighted by Crippen LogP contribution is -2.54. The Morgan fingerprint density at radius 3 is 2.26 bits per heavy atom. The van der Waals surface area contributed by atoms with Crippen LogP contribution in [0.4, 0.5) is 10.5 Å². The van der Waals surface area contributed by atoms with Gasteiger partial charge in [-0.15, -0.1) is 0 Å². The Morgan fingerprint density at radius 2 is 1.69 bits per heavy atom. The Bertz CT molecular complexity index is 1080. The van der Waals surface area contributed by atoms with E-state index in [0.29, 0.717) is 11.3 Å². The van der Waals surface area contributed by atoms with Crippen molar-refractivity contribution >= 4 is 29.7 Å². The number of ether oxygens (including phenoxy) is 1. The molecule has 0 aliphatic heterocycles. The number of rotatable bonds is 7. The first kappa shape index (κ1) is 27.6. The van der Waals surface area contributed by atoms with E-state index in [1.54, 1.807) is 26.8 Å². The zero-order valence-corrected chi connectivity index (χ0v) is 21.8. The Hall–Kier alpha value is -3.61. The summed E-state index contributed by atoms with van der Waals surface area (Å²) in [6.07, 6.45) is 0.988. The van der Waals surface area contributed by atoms with Gasteiger partial charge in [0.2, 0.25) is 5.91 Å². The van der Waals surface area contributed by atoms with Gasteiger partial charge in [-0.3, -0.25) is 9.59 Å². The summed E-state index contributed by atoms with van der Waals surface area (Å²) in [7, 11) is 0. The van der Waals surface area contributed by atoms with E-state index in [4.69, 9.17) is 4.74 Å². The van der Waals surface area contributed by atoms with Gasteiger partial charge in [0.25, 0.3) is 5.91 Å². The van der Waals surface area contributed by atoms with Gasteiger partial charge in [-0.05, 0) is 77.3 Å². The fourth-order valence-corrected chi connectivity index (χ4v) is 3.64. The minimum atomic E-state index is -0.956. The maximum atomic E-state index is 13.7. The van der Waals surface area contributed by atoms with Crippen molar-refractivity contribution in [3.05, 3.63) is 71.8 Å². The fraction of sp³-hybridized carbons (Fsp3) is 0.393. The standard InChI is InChI=1S/C28H37N3O4/c1-9-20-14-12-15-21(17-20)24(25(33)30-22-16-11-10-13-19(22)2)31(27(3,4)5)23(32)18-29-26(34)35-28(6,7)8/h9-17,24H,1,18H2,2-8H3,(H,29,34)(H,30,33). The predicted octanol–water partition coefficient (Wildman–Crippen LogP) is 5.47. The summed E-state index contributed by atoms with van der Waals surface area (Å²) in [6, 6.07) is 13.8. The van der Waals surface area contributed by atoms with Crippen molar-refractivity contribution in [3.8, 4) is 0 Å². The van der Waals surface area contributed by atoms with Gasteiger partial charge in [-0.25, -0.2) is 4.79 Å². The molecule has 7 nitrogen and oxygen atoms in total. The fourth-order valence-electron chi connectivity index (χ4n) is 3.64. The van der Waals surface area contributed by atoms with Crippen LogP contribution in [0, 0.1) is 6.92 Å². The van der Waals surface area contributed by atoms with Crippen LogP contribution in [0.5, 0.6) is 0 Å². The number of alkyl carbamates (subject to hydrolysis) is 1. The molecule has 1 atom stereocenters. The summed E-state index contributed by atoms with van der Waals surface area (Å²) in [4.78, 5) is 40.9. The number of carbonyl (C=O) groups excluding carboxylic acids is 3. The van der Waals surface area contributed by atoms with Crippen LogP contribution in [0.3, 0.4) is 0 Å². The molecule has 0 aromatic heterocycles. The molecule has 2 aromatic carbocycles. The second-order valence-electron chi connectivity index (χ2n) is 10.4. The normalized spacial score (nSPS) is 12.3. The third-order valence-electron chi connectivity index (χ3n) is 5.15. The van der Waals surface area contributed by atoms with Crippen LogP contribution in [0.1, 0.15) is 64.3 Å². The number of anilines is 1. The number of para-hydroxylation sites is 1. The Labute approximate surface area is 208 Å². The minimum Gasteiger partial charge on any atom is -0.444 e. The van der Waals surface area contributed by atoms with E-state index in [1.165, 1.54) is 4.90 Å². The van der Waals surface area contributed by atoms with Crippen molar-refractivity contribution in [2.75, 3.05) is 11.9 Å². The highest BCUT2D eigenvalue weighted by molar-refractivity contribution is 5.99. The summed E-state index contributed by atoms with van der Waals surface area (Å²) < 4.78 is 5.26. The second-order valence-corrected chi connectivity index (χ2v) is 10.4. The van der Waals surface area contributed by atoms with Gasteiger partial charge in [-0.1, -0.05) is 49.1 Å². The lowest BCUT2D eigenvalue weighted by atomic mass is 9.95. The minimum absolute atomic E-state index is 0.318. The van der Waals surface area contributed by atoms with Gasteiger partial charge in [0.1, 0.15) is 18.2 Å². The SMILES string of the molecule is C=Cc1cccc(C(C(=O)Nc2ccccc2C)N(C(=O)CNC(=O)OC(C)(C)C)C(C)(C)C)c1. The number of hydrogen-bond acceptors (Lipinski definition) is 4. The van der Waals surface area contributed by atoms with Crippen LogP contribution in [-0.4, -0.2) is 40.5 Å². The molecule has 0 spiro atoms. The highest BCUT2D eigenvalue weighted by atomic mass is 16.6. The summed E-state index contributed by atoms with van der Waals surface area (Å²) in [5, 5.41) is 5.50. The summed E-state index contributed by atoms with van der Waals surface area (Å²) in [5.41, 5.74) is 1.58. The van der Waals surface area contributed by atoms with E-state index >= 15 is 0 Å². The number of carbonyl (C=O) groups is 3. The van der Waals surface area contributed by atoms with Crippen molar-refractivity contribution < 1.29 is 19.1 Å². The quantitative estimate of drug-likeness (QED) is 0.551. The molecule has 0 aliphatic carbocycles. The number of nitrogens with one attached hydrogen (secondary N) is 2. The predicted molar refractivity (Wildman–Crippen MR) is 140 cm³/mol. The largest absolute Gasteiger partial charge is 0.444 e. The van der Waals surface area contributed by atoms with E-state index in [9.17, 15) is 14.4 Å². The lowest BCUT2D eigenvalue weighted by Gasteiger charge is -2.41. The average Bonchev–Trinajstić information content (AvgIpc) is 2.75. The third kappa shape index (κ3) is 7.98. The van der Waals surface area contributed by atoms with Crippen LogP contribution < -0.4 is 10.6 Å². The van der Waals surface area contributed by atoms with Crippen LogP contribution in [-0.2, 0) is 14.3 Å². The van der Waals surface area contributed by atoms with Crippen LogP contribution in [0.2, 0.25) is 0 Å². The zero-order valence-electron chi connectivity index (χ0n) is 21.8. The molecule has 0 heterocycles. The van der Waals surface area contributed by atoms with Gasteiger partial charge >= 0.3 is 6.09 Å². The highest BCUT2D eigenvalue weighted by Crippen LogP contribution is 2.31. The van der Waals surface area contributed by atoms with Crippen molar-refractivity contribution in [1.82, 2.24) is 10.2 Å². The molecular formula is C28H37N3O4. The molecule has 0 aliphatic rings. The molecule has 35 heavy (non-hydrogen) atoms. The third-order valence-corrected chi connectivity index (χ3v) is 5.15. The van der Waals surface area contributed by atoms with E-state index < -0.39 is 29.2 Å². The van der Waals surface area contributed by atoms with Crippen molar-refractivity contribution in [3.63, 3.8) is 0 Å². The van der Waals surface area contributed by atoms with E-state index in [2.05, 4.69) is 17.2 Å². The van der Waals surface area contributed by atoms with Gasteiger partial charge in [0.05, 0.1) is 0 Å². The molecule has 2 N–H and O–H groups in total. The molecule has 0 bridgehead atoms. The molecule has 0 radical (unpaired) electrons. The number of hydrogen-bond donors (Lipinski definition) is 2. The van der Waals surface area contributed by atoms with Gasteiger partial charge in [0, 0.05) is 11.2 Å². The number of amides is 3. The van der Waals surface area contributed by atoms with E-state index in [0.717, 1.165) is 11.1 Å². The Balaban J connectivity index is 2.46. The summed E-state index contributed by atoms with van der Waals surface area (Å²) >= 11 is 0. The Kier molecular flexibility index (Phi) is 8.85. The number of aryl methyl sites for hydroxylation is 1. The molecule has 1 unspecified atom stereocenters. The van der Waals surface area contributed by atoms with Crippen molar-refractivity contribution in [1.29, 1.82) is 0 Å². The average molecular weight is 480 g/mol. The maximum absolute atomic E-state index is 13.7. The molecule has 3 amide bonds. The molecular weight excluding hydrogens is 442 g/mol. The van der Waals surface area contributed by atoms with Gasteiger partial charge in [0.15, 0.2) is 0 Å². The highest BCUT2D eigenvalue weighted by Gasteiger charge is 2.38. The van der Waals surface area contributed by atoms with Crippen LogP contribution in [0.25, 0.3) is 6.08 Å². The van der Waals surface area contributed by atoms with Crippen molar-refractivity contribution in [2.24, 2.45) is 0 Å². The summed E-state index contributed by atoms with van der Waals surface area (Å²) in [6.45, 7) is 16.2. The van der Waals surface area contributed by atoms with Gasteiger partial charge in [-0.2, -0.15) is 0 Å². The van der Waals surface area contributed by atoms with Crippen LogP contribution >= 0.6 is 0 Å². The van der Waals surface area contributed by atoms with Crippen LogP contribution in [0.15, 0.2) is 55.1 Å². The summed E-state index contributed by atoms with van der Waals surface area (Å²) in [5.74, 6) is -0.779. The van der Waals surface area contributed by atoms with Crippen molar-refractivity contribution in [2.45, 2.75) is 65.6 Å². The first-order chi connectivity index (χ1) is 16.2. The molecule has 0 saturated carbocycles. The topological polar surface area (TPSA) is 87.7 Å². The molecule has 188 valence electrons.